The van der Waals surface area contributed by atoms with Gasteiger partial charge >= 0.3 is 0 Å². The van der Waals surface area contributed by atoms with Gasteiger partial charge in [-0.25, -0.2) is 4.99 Å². The highest BCUT2D eigenvalue weighted by Gasteiger charge is 2.26. The topological polar surface area (TPSA) is 62.7 Å². The molecule has 1 aliphatic heterocycles. The number of aliphatic imine (C=N–C) groups is 1. The van der Waals surface area contributed by atoms with Crippen molar-refractivity contribution in [1.82, 2.24) is 10.6 Å². The summed E-state index contributed by atoms with van der Waals surface area (Å²) in [5.41, 5.74) is 9.11. The van der Waals surface area contributed by atoms with Gasteiger partial charge in [0.05, 0.1) is 0 Å². The second-order valence-electron chi connectivity index (χ2n) is 13.2. The average molecular weight is 676 g/mol. The van der Waals surface area contributed by atoms with Gasteiger partial charge in [-0.15, -0.1) is 11.3 Å². The van der Waals surface area contributed by atoms with Crippen molar-refractivity contribution < 1.29 is 8.83 Å². The molecule has 0 radical (unpaired) electrons. The number of amidine groups is 1. The van der Waals surface area contributed by atoms with Crippen molar-refractivity contribution in [1.29, 1.82) is 0 Å². The van der Waals surface area contributed by atoms with Crippen LogP contribution in [0.4, 0.5) is 0 Å². The zero-order valence-corrected chi connectivity index (χ0v) is 28.1. The van der Waals surface area contributed by atoms with Gasteiger partial charge in [-0.3, -0.25) is 5.32 Å². The van der Waals surface area contributed by atoms with E-state index >= 15 is 0 Å². The molecule has 11 rings (SSSR count). The van der Waals surface area contributed by atoms with E-state index in [9.17, 15) is 0 Å². The van der Waals surface area contributed by atoms with Gasteiger partial charge in [0.1, 0.15) is 40.5 Å². The van der Waals surface area contributed by atoms with Gasteiger partial charge in [0, 0.05) is 52.8 Å². The predicted molar refractivity (Wildman–Crippen MR) is 210 cm³/mol. The van der Waals surface area contributed by atoms with Gasteiger partial charge in [-0.1, -0.05) is 115 Å². The molecule has 0 bridgehead atoms. The van der Waals surface area contributed by atoms with Crippen LogP contribution in [-0.2, 0) is 0 Å². The van der Waals surface area contributed by atoms with Crippen molar-refractivity contribution >= 4 is 81.2 Å². The van der Waals surface area contributed by atoms with Crippen LogP contribution in [0.5, 0.6) is 0 Å². The van der Waals surface area contributed by atoms with Crippen LogP contribution >= 0.6 is 11.3 Å². The van der Waals surface area contributed by atoms with E-state index in [4.69, 9.17) is 13.8 Å². The van der Waals surface area contributed by atoms with E-state index in [0.29, 0.717) is 0 Å². The molecule has 0 saturated carbocycles. The Bertz CT molecular complexity index is 3010. The minimum Gasteiger partial charge on any atom is -0.456 e. The number of thiophene rings is 1. The standard InChI is InChI=1S/C45H29N3O2S/c1-2-10-26(11-3-1)43-46-44(27-20-22-31-29-12-4-6-17-36(29)49-38(31)24-27)48-45(47-43)28-21-23-35-40(25-28)51-39-19-9-14-32(41(35)39)34-16-8-15-33-30-13-5-7-18-37(30)50-42(33)34/h1-25,43,45,47H,(H,46,48). The third-order valence-electron chi connectivity index (χ3n) is 10.2. The average Bonchev–Trinajstić information content (AvgIpc) is 3.88. The third-order valence-corrected chi connectivity index (χ3v) is 11.3. The molecule has 5 nitrogen and oxygen atoms in total. The van der Waals surface area contributed by atoms with Crippen molar-refractivity contribution in [3.8, 4) is 11.1 Å². The molecule has 0 fully saturated rings. The van der Waals surface area contributed by atoms with Gasteiger partial charge in [0.15, 0.2) is 0 Å². The highest BCUT2D eigenvalue weighted by Crippen LogP contribution is 2.44. The van der Waals surface area contributed by atoms with Crippen LogP contribution in [0.25, 0.3) is 75.2 Å². The highest BCUT2D eigenvalue weighted by molar-refractivity contribution is 7.26. The molecule has 2 unspecified atom stereocenters. The maximum absolute atomic E-state index is 6.47. The summed E-state index contributed by atoms with van der Waals surface area (Å²) in [6, 6.07) is 53.2. The number of fused-ring (bicyclic) bond motifs is 9. The van der Waals surface area contributed by atoms with E-state index in [2.05, 4.69) is 126 Å². The summed E-state index contributed by atoms with van der Waals surface area (Å²) >= 11 is 1.82. The van der Waals surface area contributed by atoms with Crippen LogP contribution in [0.15, 0.2) is 165 Å². The number of para-hydroxylation sites is 3. The summed E-state index contributed by atoms with van der Waals surface area (Å²) in [6.45, 7) is 0. The predicted octanol–water partition coefficient (Wildman–Crippen LogP) is 11.9. The highest BCUT2D eigenvalue weighted by atomic mass is 32.1. The SMILES string of the molecule is c1ccc(C2NC(c3ccc4c(c3)oc3ccccc34)=NC(c3ccc4c(c3)sc3cccc(-c5cccc6c5oc5ccccc56)c34)N2)cc1. The zero-order valence-electron chi connectivity index (χ0n) is 27.3. The summed E-state index contributed by atoms with van der Waals surface area (Å²) in [4.78, 5) is 5.28. The van der Waals surface area contributed by atoms with Gasteiger partial charge in [-0.2, -0.15) is 0 Å². The number of nitrogens with one attached hydrogen (secondary N) is 2. The number of furan rings is 2. The first-order valence-electron chi connectivity index (χ1n) is 17.2. The molecular weight excluding hydrogens is 647 g/mol. The largest absolute Gasteiger partial charge is 0.456 e. The van der Waals surface area contributed by atoms with Crippen molar-refractivity contribution in [2.75, 3.05) is 0 Å². The lowest BCUT2D eigenvalue weighted by Crippen LogP contribution is -2.44. The zero-order chi connectivity index (χ0) is 33.5. The Morgan fingerprint density at radius 2 is 1.22 bits per heavy atom. The smallest absolute Gasteiger partial charge is 0.143 e. The second kappa shape index (κ2) is 11.2. The number of benzene rings is 7. The minimum atomic E-state index is -0.267. The van der Waals surface area contributed by atoms with E-state index in [1.165, 1.54) is 25.7 Å². The van der Waals surface area contributed by atoms with Gasteiger partial charge in [0.25, 0.3) is 0 Å². The van der Waals surface area contributed by atoms with Crippen LogP contribution < -0.4 is 10.6 Å². The number of nitrogens with zero attached hydrogens (tertiary/aromatic N) is 1. The number of hydrogen-bond donors (Lipinski definition) is 2. The van der Waals surface area contributed by atoms with E-state index in [1.54, 1.807) is 0 Å². The quantitative estimate of drug-likeness (QED) is 0.195. The summed E-state index contributed by atoms with van der Waals surface area (Å²) in [6.07, 6.45) is -0.403. The molecule has 6 heteroatoms. The second-order valence-corrected chi connectivity index (χ2v) is 14.2. The van der Waals surface area contributed by atoms with Crippen LogP contribution in [0.2, 0.25) is 0 Å². The lowest BCUT2D eigenvalue weighted by molar-refractivity contribution is 0.409. The van der Waals surface area contributed by atoms with Gasteiger partial charge in [-0.05, 0) is 53.1 Å². The van der Waals surface area contributed by atoms with Crippen molar-refractivity contribution in [3.63, 3.8) is 0 Å². The number of rotatable bonds is 4. The third kappa shape index (κ3) is 4.54. The summed E-state index contributed by atoms with van der Waals surface area (Å²) in [5.74, 6) is 0.826. The molecular formula is C45H29N3O2S. The molecule has 0 aliphatic carbocycles. The molecule has 3 aromatic heterocycles. The Balaban J connectivity index is 1.04. The molecule has 4 heterocycles. The maximum atomic E-state index is 6.47. The Labute approximate surface area is 296 Å². The van der Waals surface area contributed by atoms with Crippen LogP contribution in [0, 0.1) is 0 Å². The lowest BCUT2D eigenvalue weighted by atomic mass is 9.97. The first kappa shape index (κ1) is 28.6. The molecule has 0 saturated heterocycles. The fourth-order valence-corrected chi connectivity index (χ4v) is 8.94. The Morgan fingerprint density at radius 1 is 0.510 bits per heavy atom. The van der Waals surface area contributed by atoms with Crippen molar-refractivity contribution in [2.45, 2.75) is 12.3 Å². The minimum absolute atomic E-state index is 0.135. The van der Waals surface area contributed by atoms with Crippen LogP contribution in [0.3, 0.4) is 0 Å². The molecule has 1 aliphatic rings. The van der Waals surface area contributed by atoms with E-state index < -0.39 is 0 Å². The van der Waals surface area contributed by atoms with E-state index in [1.807, 2.05) is 47.7 Å². The fourth-order valence-electron chi connectivity index (χ4n) is 7.76. The normalized spacial score (nSPS) is 16.4. The summed E-state index contributed by atoms with van der Waals surface area (Å²) in [5, 5.41) is 14.5. The molecule has 2 N–H and O–H groups in total. The lowest BCUT2D eigenvalue weighted by Gasteiger charge is -2.32. The van der Waals surface area contributed by atoms with Crippen LogP contribution in [0.1, 0.15) is 29.0 Å². The summed E-state index contributed by atoms with van der Waals surface area (Å²) in [7, 11) is 0. The first-order valence-corrected chi connectivity index (χ1v) is 18.0. The Hall–Kier alpha value is -6.21. The molecule has 0 amide bonds. The Morgan fingerprint density at radius 3 is 2.10 bits per heavy atom. The van der Waals surface area contributed by atoms with Gasteiger partial charge in [0.2, 0.25) is 0 Å². The molecule has 10 aromatic rings. The summed E-state index contributed by atoms with van der Waals surface area (Å²) < 4.78 is 15.2. The van der Waals surface area contributed by atoms with E-state index in [0.717, 1.165) is 72.0 Å². The van der Waals surface area contributed by atoms with Crippen molar-refractivity contribution in [3.05, 3.63) is 168 Å². The van der Waals surface area contributed by atoms with Gasteiger partial charge < -0.3 is 14.2 Å². The van der Waals surface area contributed by atoms with E-state index in [-0.39, 0.29) is 12.3 Å². The molecule has 242 valence electrons. The van der Waals surface area contributed by atoms with Crippen molar-refractivity contribution in [2.24, 2.45) is 4.99 Å². The monoisotopic (exact) mass is 675 g/mol. The molecule has 0 spiro atoms. The number of hydrogen-bond acceptors (Lipinski definition) is 6. The maximum Gasteiger partial charge on any atom is 0.143 e. The molecule has 51 heavy (non-hydrogen) atoms. The fraction of sp³-hybridized carbons (Fsp3) is 0.0444. The van der Waals surface area contributed by atoms with Crippen LogP contribution in [-0.4, -0.2) is 5.84 Å². The molecule has 7 aromatic carbocycles. The molecule has 2 atom stereocenters. The Kier molecular flexibility index (Phi) is 6.26. The first-order chi connectivity index (χ1) is 25.2.